The van der Waals surface area contributed by atoms with Crippen LogP contribution in [0.4, 0.5) is 5.69 Å². The van der Waals surface area contributed by atoms with Gasteiger partial charge in [-0.05, 0) is 46.2 Å². The maximum Gasteiger partial charge on any atom is 0.238 e. The van der Waals surface area contributed by atoms with Crippen molar-refractivity contribution in [2.45, 2.75) is 23.9 Å². The smallest absolute Gasteiger partial charge is 0.238 e. The Morgan fingerprint density at radius 3 is 2.33 bits per heavy atom. The zero-order valence-electron chi connectivity index (χ0n) is 17.9. The summed E-state index contributed by atoms with van der Waals surface area (Å²) in [4.78, 5) is 0.0739. The van der Waals surface area contributed by atoms with Crippen molar-refractivity contribution in [3.8, 4) is 0 Å². The number of hydrogen-bond acceptors (Lipinski definition) is 5. The molecule has 0 aliphatic carbocycles. The molecule has 166 valence electrons. The average Bonchev–Trinajstić information content (AvgIpc) is 3.28. The van der Waals surface area contributed by atoms with Crippen LogP contribution in [0.5, 0.6) is 0 Å². The van der Waals surface area contributed by atoms with Crippen molar-refractivity contribution in [3.05, 3.63) is 108 Å². The van der Waals surface area contributed by atoms with Crippen LogP contribution in [0.2, 0.25) is 0 Å². The highest BCUT2D eigenvalue weighted by molar-refractivity contribution is 7.89. The van der Waals surface area contributed by atoms with Gasteiger partial charge in [-0.2, -0.15) is 5.10 Å². The molecule has 33 heavy (non-hydrogen) atoms. The van der Waals surface area contributed by atoms with E-state index in [9.17, 15) is 8.42 Å². The number of benzene rings is 4. The van der Waals surface area contributed by atoms with Crippen LogP contribution in [0.25, 0.3) is 10.8 Å². The molecule has 1 atom stereocenters. The molecule has 7 heteroatoms. The van der Waals surface area contributed by atoms with E-state index in [1.165, 1.54) is 17.5 Å². The van der Waals surface area contributed by atoms with Crippen LogP contribution < -0.4 is 15.9 Å². The summed E-state index contributed by atoms with van der Waals surface area (Å²) in [6.45, 7) is 0.428. The fourth-order valence-electron chi connectivity index (χ4n) is 4.46. The van der Waals surface area contributed by atoms with Crippen LogP contribution in [0, 0.1) is 0 Å². The van der Waals surface area contributed by atoms with Gasteiger partial charge in [0.2, 0.25) is 10.0 Å². The van der Waals surface area contributed by atoms with Crippen LogP contribution >= 0.6 is 0 Å². The van der Waals surface area contributed by atoms with E-state index < -0.39 is 10.0 Å². The Hall–Kier alpha value is -3.52. The van der Waals surface area contributed by atoms with Gasteiger partial charge < -0.3 is 5.73 Å². The maximum absolute atomic E-state index is 11.7. The summed E-state index contributed by atoms with van der Waals surface area (Å²) < 4.78 is 23.5. The van der Waals surface area contributed by atoms with Crippen LogP contribution in [0.3, 0.4) is 0 Å². The van der Waals surface area contributed by atoms with Gasteiger partial charge in [-0.3, -0.25) is 5.01 Å². The molecule has 1 aliphatic rings. The molecule has 1 heterocycles. The van der Waals surface area contributed by atoms with E-state index in [1.807, 2.05) is 35.3 Å². The van der Waals surface area contributed by atoms with Crippen molar-refractivity contribution in [1.82, 2.24) is 0 Å². The number of nitrogens with two attached hydrogens (primary N) is 2. The Labute approximate surface area is 193 Å². The second-order valence-electron chi connectivity index (χ2n) is 8.08. The highest BCUT2D eigenvalue weighted by atomic mass is 32.2. The lowest BCUT2D eigenvalue weighted by molar-refractivity contribution is 0.598. The highest BCUT2D eigenvalue weighted by Gasteiger charge is 2.31. The molecule has 4 N–H and O–H groups in total. The Balaban J connectivity index is 1.64. The van der Waals surface area contributed by atoms with Crippen molar-refractivity contribution < 1.29 is 8.42 Å². The van der Waals surface area contributed by atoms with E-state index in [4.69, 9.17) is 16.0 Å². The van der Waals surface area contributed by atoms with Crippen molar-refractivity contribution in [2.75, 3.05) is 5.01 Å². The number of anilines is 1. The molecule has 0 saturated heterocycles. The van der Waals surface area contributed by atoms with Gasteiger partial charge in [0.1, 0.15) is 0 Å². The molecule has 0 saturated carbocycles. The monoisotopic (exact) mass is 456 g/mol. The average molecular weight is 457 g/mol. The zero-order valence-corrected chi connectivity index (χ0v) is 18.7. The number of fused-ring (bicyclic) bond motifs is 1. The van der Waals surface area contributed by atoms with Crippen molar-refractivity contribution in [2.24, 2.45) is 16.0 Å². The number of hydrogen-bond donors (Lipinski definition) is 2. The topological polar surface area (TPSA) is 102 Å². The number of nitrogens with zero attached hydrogens (tertiary/aromatic N) is 2. The molecule has 0 radical (unpaired) electrons. The minimum absolute atomic E-state index is 0.0581. The molecular weight excluding hydrogens is 432 g/mol. The van der Waals surface area contributed by atoms with E-state index in [2.05, 4.69) is 36.4 Å². The number of rotatable bonds is 5. The molecule has 0 spiro atoms. The normalized spacial score (nSPS) is 16.2. The quantitative estimate of drug-likeness (QED) is 0.467. The zero-order chi connectivity index (χ0) is 23.0. The molecule has 5 rings (SSSR count). The van der Waals surface area contributed by atoms with Gasteiger partial charge in [0.25, 0.3) is 0 Å². The Morgan fingerprint density at radius 1 is 0.879 bits per heavy atom. The van der Waals surface area contributed by atoms with E-state index in [0.29, 0.717) is 13.0 Å². The third-order valence-corrected chi connectivity index (χ3v) is 7.00. The lowest BCUT2D eigenvalue weighted by Crippen LogP contribution is -2.19. The summed E-state index contributed by atoms with van der Waals surface area (Å²) in [5.41, 5.74) is 11.0. The van der Waals surface area contributed by atoms with Gasteiger partial charge in [0.15, 0.2) is 0 Å². The third kappa shape index (κ3) is 4.02. The number of hydrazone groups is 1. The predicted octanol–water partition coefficient (Wildman–Crippen LogP) is 4.30. The van der Waals surface area contributed by atoms with Gasteiger partial charge in [0.05, 0.1) is 22.3 Å². The lowest BCUT2D eigenvalue weighted by atomic mass is 9.92. The first kappa shape index (κ1) is 21.3. The molecule has 0 fully saturated rings. The maximum atomic E-state index is 11.7. The summed E-state index contributed by atoms with van der Waals surface area (Å²) in [5.74, 6) is 0. The molecular formula is C26H24N4O2S. The van der Waals surface area contributed by atoms with Gasteiger partial charge in [-0.1, -0.05) is 66.7 Å². The van der Waals surface area contributed by atoms with Crippen LogP contribution in [-0.2, 0) is 16.6 Å². The van der Waals surface area contributed by atoms with Crippen molar-refractivity contribution in [3.63, 3.8) is 0 Å². The van der Waals surface area contributed by atoms with E-state index in [-0.39, 0.29) is 10.9 Å². The van der Waals surface area contributed by atoms with Crippen LogP contribution in [-0.4, -0.2) is 14.1 Å². The lowest BCUT2D eigenvalue weighted by Gasteiger charge is -2.25. The summed E-state index contributed by atoms with van der Waals surface area (Å²) in [5, 5.41) is 14.6. The van der Waals surface area contributed by atoms with Gasteiger partial charge in [-0.15, -0.1) is 0 Å². The first-order chi connectivity index (χ1) is 16.0. The first-order valence-electron chi connectivity index (χ1n) is 10.7. The minimum Gasteiger partial charge on any atom is -0.326 e. The van der Waals surface area contributed by atoms with E-state index in [0.717, 1.165) is 33.5 Å². The molecule has 0 bridgehead atoms. The Kier molecular flexibility index (Phi) is 5.46. The van der Waals surface area contributed by atoms with Gasteiger partial charge >= 0.3 is 0 Å². The number of primary sulfonamides is 1. The van der Waals surface area contributed by atoms with E-state index in [1.54, 1.807) is 12.1 Å². The van der Waals surface area contributed by atoms with Crippen molar-refractivity contribution >= 4 is 32.2 Å². The Morgan fingerprint density at radius 2 is 1.58 bits per heavy atom. The fourth-order valence-corrected chi connectivity index (χ4v) is 4.98. The molecule has 4 aromatic rings. The molecule has 1 unspecified atom stereocenters. The molecule has 0 aromatic heterocycles. The molecule has 6 nitrogen and oxygen atoms in total. The number of sulfonamides is 1. The molecule has 1 aliphatic heterocycles. The first-order valence-corrected chi connectivity index (χ1v) is 12.3. The SMILES string of the molecule is NCc1ccccc1C1=NN(c2ccc(S(N)(=O)=O)cc2)C(c2cccc3ccccc23)C1. The van der Waals surface area contributed by atoms with Gasteiger partial charge in [0, 0.05) is 18.5 Å². The van der Waals surface area contributed by atoms with Crippen LogP contribution in [0.1, 0.15) is 29.2 Å². The second kappa shape index (κ2) is 8.44. The third-order valence-electron chi connectivity index (χ3n) is 6.07. The minimum atomic E-state index is -3.77. The summed E-state index contributed by atoms with van der Waals surface area (Å²) >= 11 is 0. The molecule has 0 amide bonds. The second-order valence-corrected chi connectivity index (χ2v) is 9.64. The van der Waals surface area contributed by atoms with Gasteiger partial charge in [-0.25, -0.2) is 13.6 Å². The Bertz CT molecular complexity index is 1460. The van der Waals surface area contributed by atoms with E-state index >= 15 is 0 Å². The van der Waals surface area contributed by atoms with Crippen molar-refractivity contribution in [1.29, 1.82) is 0 Å². The van der Waals surface area contributed by atoms with Crippen LogP contribution in [0.15, 0.2) is 101 Å². The standard InChI is InChI=1S/C26H24N4O2S/c27-17-19-7-2-4-10-23(19)25-16-26(24-11-5-8-18-6-1-3-9-22(18)24)30(29-25)20-12-14-21(15-13-20)33(28,31)32/h1-15,26H,16-17,27H2,(H2,28,31,32). The fraction of sp³-hybridized carbons (Fsp3) is 0.115. The summed E-state index contributed by atoms with van der Waals surface area (Å²) in [6, 6.07) is 29.1. The summed E-state index contributed by atoms with van der Waals surface area (Å²) in [7, 11) is -3.77. The molecule has 4 aromatic carbocycles. The largest absolute Gasteiger partial charge is 0.326 e. The summed E-state index contributed by atoms with van der Waals surface area (Å²) in [6.07, 6.45) is 0.696. The highest BCUT2D eigenvalue weighted by Crippen LogP contribution is 2.40. The predicted molar refractivity (Wildman–Crippen MR) is 132 cm³/mol.